The average Bonchev–Trinajstić information content (AvgIpc) is 2.99. The number of amides is 2. The van der Waals surface area contributed by atoms with Crippen LogP contribution in [-0.4, -0.2) is 42.8 Å². The third kappa shape index (κ3) is 3.67. The van der Waals surface area contributed by atoms with Crippen molar-refractivity contribution in [3.63, 3.8) is 0 Å². The Kier molecular flexibility index (Phi) is 4.07. The van der Waals surface area contributed by atoms with Crippen LogP contribution in [0.1, 0.15) is 23.7 Å². The molecule has 0 radical (unpaired) electrons. The molecule has 1 aliphatic heterocycles. The van der Waals surface area contributed by atoms with E-state index in [1.807, 2.05) is 0 Å². The molecule has 1 saturated heterocycles. The van der Waals surface area contributed by atoms with Crippen molar-refractivity contribution in [2.45, 2.75) is 19.4 Å². The zero-order chi connectivity index (χ0) is 16.6. The molecule has 1 atom stereocenters. The Bertz CT molecular complexity index is 889. The number of sulfone groups is 1. The maximum atomic E-state index is 12.2. The number of rotatable bonds is 3. The molecule has 23 heavy (non-hydrogen) atoms. The molecule has 122 valence electrons. The van der Waals surface area contributed by atoms with E-state index >= 15 is 0 Å². The highest BCUT2D eigenvalue weighted by molar-refractivity contribution is 7.91. The van der Waals surface area contributed by atoms with E-state index in [0.29, 0.717) is 22.6 Å². The Balaban J connectivity index is 1.77. The lowest BCUT2D eigenvalue weighted by molar-refractivity contribution is -0.114. The van der Waals surface area contributed by atoms with Crippen LogP contribution in [0.3, 0.4) is 0 Å². The molecule has 2 heterocycles. The second kappa shape index (κ2) is 5.89. The molecule has 0 bridgehead atoms. The molecule has 1 aromatic heterocycles. The first-order chi connectivity index (χ1) is 10.8. The molecule has 0 unspecified atom stereocenters. The van der Waals surface area contributed by atoms with E-state index in [4.69, 9.17) is 0 Å². The number of thiazole rings is 1. The van der Waals surface area contributed by atoms with Gasteiger partial charge in [0.1, 0.15) is 0 Å². The molecule has 0 saturated carbocycles. The predicted molar refractivity (Wildman–Crippen MR) is 88.4 cm³/mol. The largest absolute Gasteiger partial charge is 0.348 e. The third-order valence-electron chi connectivity index (χ3n) is 3.50. The van der Waals surface area contributed by atoms with Gasteiger partial charge in [-0.05, 0) is 24.6 Å². The Morgan fingerprint density at radius 3 is 2.78 bits per heavy atom. The van der Waals surface area contributed by atoms with Crippen LogP contribution in [0.4, 0.5) is 5.13 Å². The van der Waals surface area contributed by atoms with Gasteiger partial charge in [0.05, 0.1) is 21.7 Å². The molecule has 1 aliphatic rings. The number of benzene rings is 1. The van der Waals surface area contributed by atoms with Crippen molar-refractivity contribution in [2.75, 3.05) is 16.8 Å². The van der Waals surface area contributed by atoms with Gasteiger partial charge in [0, 0.05) is 18.5 Å². The second-order valence-corrected chi connectivity index (χ2v) is 8.72. The average molecular weight is 353 g/mol. The highest BCUT2D eigenvalue weighted by Gasteiger charge is 2.29. The molecule has 2 N–H and O–H groups in total. The Labute approximate surface area is 137 Å². The van der Waals surface area contributed by atoms with Gasteiger partial charge in [0.25, 0.3) is 5.91 Å². The summed E-state index contributed by atoms with van der Waals surface area (Å²) in [6.45, 7) is 1.40. The van der Waals surface area contributed by atoms with Gasteiger partial charge in [-0.25, -0.2) is 13.4 Å². The first-order valence-corrected chi connectivity index (χ1v) is 9.66. The summed E-state index contributed by atoms with van der Waals surface area (Å²) in [7, 11) is -3.03. The molecular weight excluding hydrogens is 338 g/mol. The maximum absolute atomic E-state index is 12.2. The number of aromatic nitrogens is 1. The summed E-state index contributed by atoms with van der Waals surface area (Å²) in [5.74, 6) is -0.395. The summed E-state index contributed by atoms with van der Waals surface area (Å²) in [5, 5.41) is 5.84. The number of hydrogen-bond donors (Lipinski definition) is 2. The number of nitrogens with zero attached hydrogens (tertiary/aromatic N) is 1. The lowest BCUT2D eigenvalue weighted by Crippen LogP contribution is -2.35. The number of nitrogens with one attached hydrogen (secondary N) is 2. The zero-order valence-corrected chi connectivity index (χ0v) is 14.0. The zero-order valence-electron chi connectivity index (χ0n) is 12.3. The molecule has 3 rings (SSSR count). The quantitative estimate of drug-likeness (QED) is 0.862. The highest BCUT2D eigenvalue weighted by Crippen LogP contribution is 2.27. The predicted octanol–water partition coefficient (Wildman–Crippen LogP) is 1.17. The fourth-order valence-electron chi connectivity index (χ4n) is 2.45. The maximum Gasteiger partial charge on any atom is 0.251 e. The van der Waals surface area contributed by atoms with E-state index < -0.39 is 9.84 Å². The van der Waals surface area contributed by atoms with Gasteiger partial charge >= 0.3 is 0 Å². The van der Waals surface area contributed by atoms with Crippen LogP contribution in [0.25, 0.3) is 10.2 Å². The first kappa shape index (κ1) is 15.9. The molecular formula is C14H15N3O4S2. The van der Waals surface area contributed by atoms with Crippen LogP contribution in [0.5, 0.6) is 0 Å². The fraction of sp³-hybridized carbons (Fsp3) is 0.357. The number of carbonyl (C=O) groups is 2. The van der Waals surface area contributed by atoms with Crippen molar-refractivity contribution in [1.82, 2.24) is 10.3 Å². The van der Waals surface area contributed by atoms with E-state index in [-0.39, 0.29) is 29.4 Å². The molecule has 1 fully saturated rings. The van der Waals surface area contributed by atoms with E-state index in [1.165, 1.54) is 18.3 Å². The van der Waals surface area contributed by atoms with Gasteiger partial charge in [0.2, 0.25) is 5.91 Å². The summed E-state index contributed by atoms with van der Waals surface area (Å²) in [4.78, 5) is 27.6. The minimum absolute atomic E-state index is 0.00573. The normalized spacial score (nSPS) is 19.6. The number of carbonyl (C=O) groups excluding carboxylic acids is 2. The van der Waals surface area contributed by atoms with Gasteiger partial charge < -0.3 is 10.6 Å². The van der Waals surface area contributed by atoms with Gasteiger partial charge in [-0.2, -0.15) is 0 Å². The molecule has 0 spiro atoms. The van der Waals surface area contributed by atoms with Crippen LogP contribution < -0.4 is 10.6 Å². The smallest absolute Gasteiger partial charge is 0.251 e. The van der Waals surface area contributed by atoms with Crippen molar-refractivity contribution in [3.05, 3.63) is 23.8 Å². The van der Waals surface area contributed by atoms with Gasteiger partial charge in [0.15, 0.2) is 15.0 Å². The van der Waals surface area contributed by atoms with Gasteiger partial charge in [-0.3, -0.25) is 9.59 Å². The van der Waals surface area contributed by atoms with Gasteiger partial charge in [-0.1, -0.05) is 11.3 Å². The first-order valence-electron chi connectivity index (χ1n) is 7.02. The molecule has 9 heteroatoms. The number of hydrogen-bond acceptors (Lipinski definition) is 6. The van der Waals surface area contributed by atoms with E-state index in [1.54, 1.807) is 18.2 Å². The van der Waals surface area contributed by atoms with E-state index in [2.05, 4.69) is 15.6 Å². The van der Waals surface area contributed by atoms with Crippen LogP contribution >= 0.6 is 11.3 Å². The third-order valence-corrected chi connectivity index (χ3v) is 6.20. The van der Waals surface area contributed by atoms with Crippen LogP contribution in [0.15, 0.2) is 18.2 Å². The number of fused-ring (bicyclic) bond motifs is 1. The molecule has 0 aliphatic carbocycles. The fourth-order valence-corrected chi connectivity index (χ4v) is 5.07. The summed E-state index contributed by atoms with van der Waals surface area (Å²) in [6, 6.07) is 4.70. The Morgan fingerprint density at radius 2 is 2.13 bits per heavy atom. The topological polar surface area (TPSA) is 105 Å². The van der Waals surface area contributed by atoms with Gasteiger partial charge in [-0.15, -0.1) is 0 Å². The lowest BCUT2D eigenvalue weighted by Gasteiger charge is -2.10. The van der Waals surface area contributed by atoms with Crippen molar-refractivity contribution in [1.29, 1.82) is 0 Å². The van der Waals surface area contributed by atoms with E-state index in [0.717, 1.165) is 4.70 Å². The van der Waals surface area contributed by atoms with E-state index in [9.17, 15) is 18.0 Å². The standard InChI is InChI=1S/C14H15N3O4S2/c1-8(18)15-14-17-11-3-2-9(6-12(11)22-14)13(19)16-10-4-5-23(20,21)7-10/h2-3,6,10H,4-5,7H2,1H3,(H,16,19)(H,15,17,18)/t10-/m0/s1. The second-order valence-electron chi connectivity index (χ2n) is 5.46. The summed E-state index contributed by atoms with van der Waals surface area (Å²) >= 11 is 1.28. The van der Waals surface area contributed by atoms with Crippen LogP contribution in [0, 0.1) is 0 Å². The minimum atomic E-state index is -3.03. The highest BCUT2D eigenvalue weighted by atomic mass is 32.2. The SMILES string of the molecule is CC(=O)Nc1nc2ccc(C(=O)N[C@H]3CCS(=O)(=O)C3)cc2s1. The summed E-state index contributed by atoms with van der Waals surface area (Å²) < 4.78 is 23.6. The monoisotopic (exact) mass is 353 g/mol. The Hall–Kier alpha value is -2.00. The molecule has 2 amide bonds. The van der Waals surface area contributed by atoms with Crippen LogP contribution in [0.2, 0.25) is 0 Å². The Morgan fingerprint density at radius 1 is 1.35 bits per heavy atom. The van der Waals surface area contributed by atoms with Crippen molar-refractivity contribution >= 4 is 48.3 Å². The summed E-state index contributed by atoms with van der Waals surface area (Å²) in [6.07, 6.45) is 0.448. The molecule has 2 aromatic rings. The lowest BCUT2D eigenvalue weighted by atomic mass is 10.2. The van der Waals surface area contributed by atoms with Crippen LogP contribution in [-0.2, 0) is 14.6 Å². The number of anilines is 1. The molecule has 1 aromatic carbocycles. The molecule has 7 nitrogen and oxygen atoms in total. The van der Waals surface area contributed by atoms with Crippen molar-refractivity contribution in [3.8, 4) is 0 Å². The van der Waals surface area contributed by atoms with Crippen molar-refractivity contribution < 1.29 is 18.0 Å². The summed E-state index contributed by atoms with van der Waals surface area (Å²) in [5.41, 5.74) is 1.14. The van der Waals surface area contributed by atoms with Crippen molar-refractivity contribution in [2.24, 2.45) is 0 Å². The minimum Gasteiger partial charge on any atom is -0.348 e.